The Labute approximate surface area is 99.6 Å². The molecule has 0 aliphatic heterocycles. The molecule has 86 valence electrons. The molecule has 1 aromatic carbocycles. The summed E-state index contributed by atoms with van der Waals surface area (Å²) in [6, 6.07) is 2.78. The SMILES string of the molecule is Cc1cc(C(=O)C(C)C2CC2)c(Cl)cc1F. The number of hydrogen-bond acceptors (Lipinski definition) is 1. The Balaban J connectivity index is 2.32. The standard InChI is InChI=1S/C13H14ClFO/c1-7-5-10(11(14)6-12(7)15)13(16)8(2)9-3-4-9/h5-6,8-9H,3-4H2,1-2H3. The van der Waals surface area contributed by atoms with Gasteiger partial charge in [0.2, 0.25) is 0 Å². The molecule has 0 spiro atoms. The van der Waals surface area contributed by atoms with E-state index in [9.17, 15) is 9.18 Å². The molecule has 0 aromatic heterocycles. The predicted molar refractivity (Wildman–Crippen MR) is 62.4 cm³/mol. The molecule has 1 aromatic rings. The predicted octanol–water partition coefficient (Wildman–Crippen LogP) is 4.02. The Morgan fingerprint density at radius 1 is 1.50 bits per heavy atom. The van der Waals surface area contributed by atoms with Crippen molar-refractivity contribution < 1.29 is 9.18 Å². The van der Waals surface area contributed by atoms with E-state index in [1.807, 2.05) is 6.92 Å². The Bertz CT molecular complexity index is 438. The van der Waals surface area contributed by atoms with Gasteiger partial charge in [-0.1, -0.05) is 18.5 Å². The second kappa shape index (κ2) is 4.17. The van der Waals surface area contributed by atoms with Crippen molar-refractivity contribution in [1.82, 2.24) is 0 Å². The molecular weight excluding hydrogens is 227 g/mol. The third-order valence-electron chi connectivity index (χ3n) is 3.26. The lowest BCUT2D eigenvalue weighted by Gasteiger charge is -2.11. The van der Waals surface area contributed by atoms with Gasteiger partial charge in [-0.15, -0.1) is 0 Å². The van der Waals surface area contributed by atoms with Crippen molar-refractivity contribution in [2.24, 2.45) is 11.8 Å². The van der Waals surface area contributed by atoms with Crippen LogP contribution >= 0.6 is 11.6 Å². The summed E-state index contributed by atoms with van der Waals surface area (Å²) in [5.74, 6) is 0.174. The summed E-state index contributed by atoms with van der Waals surface area (Å²) in [4.78, 5) is 12.1. The van der Waals surface area contributed by atoms with Crippen LogP contribution < -0.4 is 0 Å². The Hall–Kier alpha value is -0.890. The fourth-order valence-electron chi connectivity index (χ4n) is 1.90. The lowest BCUT2D eigenvalue weighted by atomic mass is 9.94. The van der Waals surface area contributed by atoms with Crippen molar-refractivity contribution in [3.8, 4) is 0 Å². The van der Waals surface area contributed by atoms with Gasteiger partial charge in [0, 0.05) is 11.5 Å². The zero-order chi connectivity index (χ0) is 11.9. The van der Waals surface area contributed by atoms with Gasteiger partial charge in [0.05, 0.1) is 5.02 Å². The molecule has 1 unspecified atom stereocenters. The van der Waals surface area contributed by atoms with Crippen molar-refractivity contribution in [1.29, 1.82) is 0 Å². The summed E-state index contributed by atoms with van der Waals surface area (Å²) in [5, 5.41) is 0.223. The minimum absolute atomic E-state index is 0.00219. The normalized spacial score (nSPS) is 17.2. The molecule has 1 fully saturated rings. The van der Waals surface area contributed by atoms with Crippen LogP contribution in [0.25, 0.3) is 0 Å². The number of ketones is 1. The second-order valence-electron chi connectivity index (χ2n) is 4.57. The van der Waals surface area contributed by atoms with E-state index in [1.165, 1.54) is 6.07 Å². The topological polar surface area (TPSA) is 17.1 Å². The van der Waals surface area contributed by atoms with Crippen LogP contribution in [0.15, 0.2) is 12.1 Å². The quantitative estimate of drug-likeness (QED) is 0.730. The fraction of sp³-hybridized carbons (Fsp3) is 0.462. The Kier molecular flexibility index (Phi) is 3.02. The van der Waals surface area contributed by atoms with Crippen molar-refractivity contribution in [2.75, 3.05) is 0 Å². The van der Waals surface area contributed by atoms with Crippen LogP contribution in [-0.4, -0.2) is 5.78 Å². The van der Waals surface area contributed by atoms with Gasteiger partial charge in [0.25, 0.3) is 0 Å². The summed E-state index contributed by atoms with van der Waals surface area (Å²) in [6.45, 7) is 3.57. The number of hydrogen-bond donors (Lipinski definition) is 0. The van der Waals surface area contributed by atoms with Gasteiger partial charge in [0.15, 0.2) is 5.78 Å². The number of aryl methyl sites for hydroxylation is 1. The highest BCUT2D eigenvalue weighted by molar-refractivity contribution is 6.34. The molecule has 0 bridgehead atoms. The number of Topliss-reactive ketones (excluding diaryl/α,β-unsaturated/α-hetero) is 1. The maximum Gasteiger partial charge on any atom is 0.167 e. The molecule has 0 radical (unpaired) electrons. The molecule has 1 aliphatic carbocycles. The van der Waals surface area contributed by atoms with E-state index < -0.39 is 0 Å². The van der Waals surface area contributed by atoms with Gasteiger partial charge in [-0.25, -0.2) is 4.39 Å². The van der Waals surface area contributed by atoms with Crippen LogP contribution in [0.3, 0.4) is 0 Å². The molecule has 16 heavy (non-hydrogen) atoms. The molecule has 3 heteroatoms. The van der Waals surface area contributed by atoms with Gasteiger partial charge < -0.3 is 0 Å². The monoisotopic (exact) mass is 240 g/mol. The zero-order valence-electron chi connectivity index (χ0n) is 9.39. The minimum atomic E-state index is -0.361. The molecular formula is C13H14ClFO. The molecule has 0 saturated heterocycles. The maximum absolute atomic E-state index is 13.2. The van der Waals surface area contributed by atoms with Crippen LogP contribution in [0.2, 0.25) is 5.02 Å². The van der Waals surface area contributed by atoms with Crippen LogP contribution in [-0.2, 0) is 0 Å². The van der Waals surface area contributed by atoms with E-state index in [2.05, 4.69) is 0 Å². The van der Waals surface area contributed by atoms with E-state index >= 15 is 0 Å². The molecule has 1 atom stereocenters. The van der Waals surface area contributed by atoms with E-state index in [0.717, 1.165) is 12.8 Å². The largest absolute Gasteiger partial charge is 0.294 e. The van der Waals surface area contributed by atoms with Crippen molar-refractivity contribution in [3.05, 3.63) is 34.1 Å². The molecule has 1 aliphatic rings. The number of halogens is 2. The molecule has 2 rings (SSSR count). The lowest BCUT2D eigenvalue weighted by Crippen LogP contribution is -2.14. The summed E-state index contributed by atoms with van der Waals surface area (Å²) in [6.07, 6.45) is 2.23. The third-order valence-corrected chi connectivity index (χ3v) is 3.57. The van der Waals surface area contributed by atoms with Crippen molar-refractivity contribution in [3.63, 3.8) is 0 Å². The third kappa shape index (κ3) is 2.12. The van der Waals surface area contributed by atoms with E-state index in [4.69, 9.17) is 11.6 Å². The average Bonchev–Trinajstić information content (AvgIpc) is 3.05. The minimum Gasteiger partial charge on any atom is -0.294 e. The summed E-state index contributed by atoms with van der Waals surface area (Å²) < 4.78 is 13.2. The maximum atomic E-state index is 13.2. The molecule has 0 amide bonds. The Morgan fingerprint density at radius 3 is 2.69 bits per heavy atom. The second-order valence-corrected chi connectivity index (χ2v) is 4.98. The van der Waals surface area contributed by atoms with Crippen molar-refractivity contribution >= 4 is 17.4 Å². The van der Waals surface area contributed by atoms with Gasteiger partial charge in [-0.3, -0.25) is 4.79 Å². The first-order valence-electron chi connectivity index (χ1n) is 5.50. The number of carbonyl (C=O) groups excluding carboxylic acids is 1. The summed E-state index contributed by atoms with van der Waals surface area (Å²) in [5.41, 5.74) is 0.927. The number of rotatable bonds is 3. The van der Waals surface area contributed by atoms with E-state index in [1.54, 1.807) is 13.0 Å². The average molecular weight is 241 g/mol. The highest BCUT2D eigenvalue weighted by Gasteiger charge is 2.33. The first-order chi connectivity index (χ1) is 7.50. The van der Waals surface area contributed by atoms with E-state index in [0.29, 0.717) is 17.0 Å². The summed E-state index contributed by atoms with van der Waals surface area (Å²) in [7, 11) is 0. The molecule has 1 saturated carbocycles. The first-order valence-corrected chi connectivity index (χ1v) is 5.88. The van der Waals surface area contributed by atoms with Crippen LogP contribution in [0, 0.1) is 24.6 Å². The van der Waals surface area contributed by atoms with Crippen LogP contribution in [0.1, 0.15) is 35.7 Å². The van der Waals surface area contributed by atoms with Crippen molar-refractivity contribution in [2.45, 2.75) is 26.7 Å². The van der Waals surface area contributed by atoms with Gasteiger partial charge >= 0.3 is 0 Å². The van der Waals surface area contributed by atoms with Crippen LogP contribution in [0.5, 0.6) is 0 Å². The highest BCUT2D eigenvalue weighted by atomic mass is 35.5. The molecule has 0 heterocycles. The number of carbonyl (C=O) groups is 1. The zero-order valence-corrected chi connectivity index (χ0v) is 10.1. The Morgan fingerprint density at radius 2 is 2.12 bits per heavy atom. The van der Waals surface area contributed by atoms with E-state index in [-0.39, 0.29) is 22.5 Å². The summed E-state index contributed by atoms with van der Waals surface area (Å²) >= 11 is 5.90. The van der Waals surface area contributed by atoms with Gasteiger partial charge in [-0.05, 0) is 43.4 Å². The van der Waals surface area contributed by atoms with Gasteiger partial charge in [-0.2, -0.15) is 0 Å². The van der Waals surface area contributed by atoms with Gasteiger partial charge in [0.1, 0.15) is 5.82 Å². The number of benzene rings is 1. The highest BCUT2D eigenvalue weighted by Crippen LogP contribution is 2.39. The van der Waals surface area contributed by atoms with Crippen LogP contribution in [0.4, 0.5) is 4.39 Å². The lowest BCUT2D eigenvalue weighted by molar-refractivity contribution is 0.0916. The molecule has 0 N–H and O–H groups in total. The fourth-order valence-corrected chi connectivity index (χ4v) is 2.15. The first kappa shape index (κ1) is 11.6. The molecule has 1 nitrogen and oxygen atoms in total. The smallest absolute Gasteiger partial charge is 0.167 e.